The zero-order valence-corrected chi connectivity index (χ0v) is 13.8. The maximum absolute atomic E-state index is 10.4. The molecule has 1 atom stereocenters. The van der Waals surface area contributed by atoms with E-state index in [1.165, 1.54) is 5.56 Å². The van der Waals surface area contributed by atoms with E-state index >= 15 is 0 Å². The van der Waals surface area contributed by atoms with Crippen molar-refractivity contribution in [2.45, 2.75) is 18.9 Å². The largest absolute Gasteiger partial charge is 0.506 e. The van der Waals surface area contributed by atoms with Crippen LogP contribution in [0.25, 0.3) is 0 Å². The fourth-order valence-electron chi connectivity index (χ4n) is 3.19. The van der Waals surface area contributed by atoms with Crippen LogP contribution in [-0.4, -0.2) is 30.1 Å². The van der Waals surface area contributed by atoms with Crippen LogP contribution in [0, 0.1) is 4.91 Å². The number of phenols is 1. The maximum Gasteiger partial charge on any atom is 0.134 e. The minimum Gasteiger partial charge on any atom is -0.506 e. The van der Waals surface area contributed by atoms with E-state index < -0.39 is 0 Å². The highest BCUT2D eigenvalue weighted by molar-refractivity contribution is 6.32. The average Bonchev–Trinajstić information content (AvgIpc) is 2.69. The Balaban J connectivity index is 2.03. The normalized spacial score (nSPS) is 18.3. The number of fused-ring (bicyclic) bond motifs is 1. The molecule has 1 aliphatic rings. The summed E-state index contributed by atoms with van der Waals surface area (Å²) in [5.74, 6) is 0.292. The summed E-state index contributed by atoms with van der Waals surface area (Å²) >= 11 is 6.08. The van der Waals surface area contributed by atoms with Crippen LogP contribution in [0.4, 0.5) is 0 Å². The van der Waals surface area contributed by atoms with Gasteiger partial charge in [0.05, 0.1) is 5.02 Å². The quantitative estimate of drug-likeness (QED) is 0.867. The number of hydrogen-bond donors (Lipinski definition) is 1. The van der Waals surface area contributed by atoms with Crippen LogP contribution >= 0.6 is 11.6 Å². The van der Waals surface area contributed by atoms with Gasteiger partial charge in [-0.05, 0) is 47.9 Å². The lowest BCUT2D eigenvalue weighted by atomic mass is 9.87. The Labute approximate surface area is 140 Å². The molecule has 0 aliphatic carbocycles. The molecule has 1 unspecified atom stereocenters. The van der Waals surface area contributed by atoms with E-state index in [-0.39, 0.29) is 18.2 Å². The number of halogens is 1. The van der Waals surface area contributed by atoms with Crippen molar-refractivity contribution < 1.29 is 5.11 Å². The van der Waals surface area contributed by atoms with Crippen molar-refractivity contribution in [2.75, 3.05) is 20.1 Å². The number of nitrogens with zero attached hydrogens (tertiary/aromatic N) is 2. The molecule has 2 aromatic carbocycles. The Morgan fingerprint density at radius 2 is 2.04 bits per heavy atom. The van der Waals surface area contributed by atoms with E-state index in [0.29, 0.717) is 5.02 Å². The van der Waals surface area contributed by atoms with Gasteiger partial charge in [0.25, 0.3) is 0 Å². The molecular weight excluding hydrogens is 312 g/mol. The molecule has 2 aromatic rings. The fraction of sp³-hybridized carbons (Fsp3) is 0.333. The second kappa shape index (κ2) is 6.69. The molecular formula is C18H19ClN2O2. The van der Waals surface area contributed by atoms with Gasteiger partial charge in [-0.3, -0.25) is 0 Å². The number of hydrogen-bond acceptors (Lipinski definition) is 4. The number of rotatable bonds is 3. The fourth-order valence-corrected chi connectivity index (χ4v) is 3.37. The Hall–Kier alpha value is -1.91. The topological polar surface area (TPSA) is 52.9 Å². The van der Waals surface area contributed by atoms with Crippen LogP contribution < -0.4 is 0 Å². The molecule has 3 rings (SSSR count). The van der Waals surface area contributed by atoms with Crippen LogP contribution in [0.2, 0.25) is 5.02 Å². The number of benzene rings is 2. The molecule has 1 heterocycles. The summed E-state index contributed by atoms with van der Waals surface area (Å²) in [5, 5.41) is 13.3. The van der Waals surface area contributed by atoms with E-state index in [4.69, 9.17) is 11.6 Å². The molecule has 1 aliphatic heterocycles. The summed E-state index contributed by atoms with van der Waals surface area (Å²) in [6, 6.07) is 11.6. The van der Waals surface area contributed by atoms with Crippen molar-refractivity contribution in [3.05, 3.63) is 68.6 Å². The zero-order chi connectivity index (χ0) is 16.4. The van der Waals surface area contributed by atoms with Crippen molar-refractivity contribution in [3.8, 4) is 5.75 Å². The van der Waals surface area contributed by atoms with Crippen LogP contribution in [0.1, 0.15) is 28.2 Å². The smallest absolute Gasteiger partial charge is 0.134 e. The van der Waals surface area contributed by atoms with Crippen LogP contribution in [0.5, 0.6) is 5.75 Å². The molecule has 0 radical (unpaired) electrons. The van der Waals surface area contributed by atoms with Gasteiger partial charge in [-0.1, -0.05) is 41.0 Å². The summed E-state index contributed by atoms with van der Waals surface area (Å²) in [6.45, 7) is 2.02. The first kappa shape index (κ1) is 16.0. The van der Waals surface area contributed by atoms with Crippen LogP contribution in [0.15, 0.2) is 41.6 Å². The third kappa shape index (κ3) is 3.38. The number of aromatic hydroxyl groups is 1. The first-order chi connectivity index (χ1) is 11.1. The summed E-state index contributed by atoms with van der Waals surface area (Å²) in [7, 11) is 2.10. The second-order valence-electron chi connectivity index (χ2n) is 6.10. The van der Waals surface area contributed by atoms with Crippen molar-refractivity contribution in [1.82, 2.24) is 4.90 Å². The summed E-state index contributed by atoms with van der Waals surface area (Å²) in [6.07, 6.45) is 0.912. The Morgan fingerprint density at radius 1 is 1.30 bits per heavy atom. The SMILES string of the molecule is CN1CCc2cc(Cl)c(O)cc2C(c2ccc(CN=O)cc2)C1. The van der Waals surface area contributed by atoms with Crippen LogP contribution in [-0.2, 0) is 13.0 Å². The van der Waals surface area contributed by atoms with Crippen molar-refractivity contribution >= 4 is 11.6 Å². The number of nitroso groups, excluding NO2 is 1. The lowest BCUT2D eigenvalue weighted by Crippen LogP contribution is -2.24. The van der Waals surface area contributed by atoms with Gasteiger partial charge in [0, 0.05) is 19.0 Å². The lowest BCUT2D eigenvalue weighted by molar-refractivity contribution is 0.338. The predicted octanol–water partition coefficient (Wildman–Crippen LogP) is 3.93. The molecule has 0 amide bonds. The van der Waals surface area contributed by atoms with E-state index in [9.17, 15) is 10.0 Å². The highest BCUT2D eigenvalue weighted by atomic mass is 35.5. The molecule has 5 heteroatoms. The molecule has 0 spiro atoms. The van der Waals surface area contributed by atoms with Gasteiger partial charge in [-0.25, -0.2) is 0 Å². The van der Waals surface area contributed by atoms with E-state index in [1.807, 2.05) is 30.3 Å². The van der Waals surface area contributed by atoms with Gasteiger partial charge >= 0.3 is 0 Å². The highest BCUT2D eigenvalue weighted by Crippen LogP contribution is 2.36. The van der Waals surface area contributed by atoms with Crippen molar-refractivity contribution in [2.24, 2.45) is 5.18 Å². The molecule has 0 saturated carbocycles. The third-order valence-electron chi connectivity index (χ3n) is 4.47. The first-order valence-electron chi connectivity index (χ1n) is 7.66. The standard InChI is InChI=1S/C18H19ClN2O2/c1-21-7-6-14-8-17(19)18(22)9-15(14)16(11-21)13-4-2-12(3-5-13)10-20-23/h2-5,8-9,16,22H,6-7,10-11H2,1H3. The van der Waals surface area contributed by atoms with Gasteiger partial charge in [0.1, 0.15) is 12.3 Å². The molecule has 0 aromatic heterocycles. The van der Waals surface area contributed by atoms with Gasteiger partial charge in [-0.2, -0.15) is 4.91 Å². The second-order valence-corrected chi connectivity index (χ2v) is 6.50. The summed E-state index contributed by atoms with van der Waals surface area (Å²) in [4.78, 5) is 12.7. The minimum atomic E-state index is 0.127. The van der Waals surface area contributed by atoms with Crippen molar-refractivity contribution in [3.63, 3.8) is 0 Å². The van der Waals surface area contributed by atoms with E-state index in [1.54, 1.807) is 6.07 Å². The lowest BCUT2D eigenvalue weighted by Gasteiger charge is -2.22. The Morgan fingerprint density at radius 3 is 2.74 bits per heavy atom. The Kier molecular flexibility index (Phi) is 4.64. The molecule has 0 saturated heterocycles. The molecule has 120 valence electrons. The minimum absolute atomic E-state index is 0.127. The third-order valence-corrected chi connectivity index (χ3v) is 4.77. The molecule has 23 heavy (non-hydrogen) atoms. The number of phenolic OH excluding ortho intramolecular Hbond substituents is 1. The van der Waals surface area contributed by atoms with Gasteiger partial charge in [-0.15, -0.1) is 0 Å². The summed E-state index contributed by atoms with van der Waals surface area (Å²) < 4.78 is 0. The monoisotopic (exact) mass is 330 g/mol. The predicted molar refractivity (Wildman–Crippen MR) is 92.1 cm³/mol. The van der Waals surface area contributed by atoms with Crippen LogP contribution in [0.3, 0.4) is 0 Å². The highest BCUT2D eigenvalue weighted by Gasteiger charge is 2.24. The van der Waals surface area contributed by atoms with Gasteiger partial charge in [0.15, 0.2) is 0 Å². The zero-order valence-electron chi connectivity index (χ0n) is 13.0. The molecule has 1 N–H and O–H groups in total. The van der Waals surface area contributed by atoms with E-state index in [2.05, 4.69) is 17.1 Å². The first-order valence-corrected chi connectivity index (χ1v) is 8.04. The van der Waals surface area contributed by atoms with E-state index in [0.717, 1.165) is 36.2 Å². The number of likely N-dealkylation sites (N-methyl/N-ethyl adjacent to an activating group) is 1. The summed E-state index contributed by atoms with van der Waals surface area (Å²) in [5.41, 5.74) is 4.37. The molecule has 0 bridgehead atoms. The van der Waals surface area contributed by atoms with Gasteiger partial charge < -0.3 is 10.0 Å². The van der Waals surface area contributed by atoms with Crippen molar-refractivity contribution in [1.29, 1.82) is 0 Å². The molecule has 0 fully saturated rings. The molecule has 4 nitrogen and oxygen atoms in total. The average molecular weight is 331 g/mol. The maximum atomic E-state index is 10.4. The Bertz CT molecular complexity index is 716. The van der Waals surface area contributed by atoms with Gasteiger partial charge in [0.2, 0.25) is 0 Å².